The van der Waals surface area contributed by atoms with Crippen molar-refractivity contribution in [3.63, 3.8) is 0 Å². The first-order valence-electron chi connectivity index (χ1n) is 8.12. The van der Waals surface area contributed by atoms with Crippen LogP contribution >= 0.6 is 0 Å². The normalized spacial score (nSPS) is 17.3. The second kappa shape index (κ2) is 7.29. The maximum Gasteiger partial charge on any atom is 0.317 e. The molecule has 4 nitrogen and oxygen atoms in total. The SMILES string of the molecule is NCc1ccc(CNC(=O)N2CCC(c3ccccc3)C2)cc1. The number of hydrogen-bond acceptors (Lipinski definition) is 2. The fourth-order valence-corrected chi connectivity index (χ4v) is 3.02. The van der Waals surface area contributed by atoms with Crippen molar-refractivity contribution >= 4 is 6.03 Å². The lowest BCUT2D eigenvalue weighted by Crippen LogP contribution is -2.37. The van der Waals surface area contributed by atoms with Crippen molar-refractivity contribution in [2.75, 3.05) is 13.1 Å². The third-order valence-corrected chi connectivity index (χ3v) is 4.45. The molecule has 0 aromatic heterocycles. The van der Waals surface area contributed by atoms with Gasteiger partial charge in [0.2, 0.25) is 0 Å². The van der Waals surface area contributed by atoms with E-state index in [1.165, 1.54) is 5.56 Å². The van der Waals surface area contributed by atoms with E-state index in [2.05, 4.69) is 29.6 Å². The van der Waals surface area contributed by atoms with Gasteiger partial charge in [0.15, 0.2) is 0 Å². The van der Waals surface area contributed by atoms with Crippen molar-refractivity contribution in [1.82, 2.24) is 10.2 Å². The highest BCUT2D eigenvalue weighted by Crippen LogP contribution is 2.26. The van der Waals surface area contributed by atoms with Crippen molar-refractivity contribution in [2.24, 2.45) is 5.73 Å². The van der Waals surface area contributed by atoms with E-state index in [0.29, 0.717) is 19.0 Å². The highest BCUT2D eigenvalue weighted by Gasteiger charge is 2.26. The zero-order chi connectivity index (χ0) is 16.1. The van der Waals surface area contributed by atoms with Crippen LogP contribution in [0.25, 0.3) is 0 Å². The Morgan fingerprint density at radius 2 is 1.78 bits per heavy atom. The van der Waals surface area contributed by atoms with Crippen LogP contribution in [-0.2, 0) is 13.1 Å². The molecule has 0 aliphatic carbocycles. The van der Waals surface area contributed by atoms with Gasteiger partial charge in [-0.2, -0.15) is 0 Å². The van der Waals surface area contributed by atoms with Crippen molar-refractivity contribution in [3.8, 4) is 0 Å². The Labute approximate surface area is 137 Å². The molecule has 1 aliphatic rings. The Morgan fingerprint density at radius 3 is 2.48 bits per heavy atom. The van der Waals surface area contributed by atoms with Crippen LogP contribution in [0.1, 0.15) is 29.0 Å². The Balaban J connectivity index is 1.51. The minimum atomic E-state index is 0.0198. The number of nitrogens with zero attached hydrogens (tertiary/aromatic N) is 1. The minimum absolute atomic E-state index is 0.0198. The number of carbonyl (C=O) groups is 1. The smallest absolute Gasteiger partial charge is 0.317 e. The monoisotopic (exact) mass is 309 g/mol. The van der Waals surface area contributed by atoms with Gasteiger partial charge in [-0.25, -0.2) is 4.79 Å². The molecule has 0 saturated carbocycles. The van der Waals surface area contributed by atoms with Crippen LogP contribution in [0.4, 0.5) is 4.79 Å². The molecule has 2 amide bonds. The summed E-state index contributed by atoms with van der Waals surface area (Å²) in [6.07, 6.45) is 1.03. The van der Waals surface area contributed by atoms with Crippen molar-refractivity contribution in [1.29, 1.82) is 0 Å². The molecule has 0 radical (unpaired) electrons. The molecule has 2 aromatic carbocycles. The number of nitrogens with two attached hydrogens (primary N) is 1. The van der Waals surface area contributed by atoms with Crippen LogP contribution in [0.3, 0.4) is 0 Å². The summed E-state index contributed by atoms with van der Waals surface area (Å²) in [4.78, 5) is 14.2. The highest BCUT2D eigenvalue weighted by molar-refractivity contribution is 5.74. The third kappa shape index (κ3) is 3.90. The maximum atomic E-state index is 12.3. The van der Waals surface area contributed by atoms with Crippen LogP contribution < -0.4 is 11.1 Å². The van der Waals surface area contributed by atoms with Gasteiger partial charge in [0, 0.05) is 32.1 Å². The van der Waals surface area contributed by atoms with Crippen molar-refractivity contribution in [3.05, 3.63) is 71.3 Å². The molecule has 2 aromatic rings. The third-order valence-electron chi connectivity index (χ3n) is 4.45. The van der Waals surface area contributed by atoms with Gasteiger partial charge in [-0.15, -0.1) is 0 Å². The molecule has 23 heavy (non-hydrogen) atoms. The number of hydrogen-bond donors (Lipinski definition) is 2. The van der Waals surface area contributed by atoms with Crippen molar-refractivity contribution in [2.45, 2.75) is 25.4 Å². The lowest BCUT2D eigenvalue weighted by molar-refractivity contribution is 0.208. The summed E-state index contributed by atoms with van der Waals surface area (Å²) in [5.41, 5.74) is 9.10. The molecular formula is C19H23N3O. The molecule has 4 heteroatoms. The van der Waals surface area contributed by atoms with E-state index in [9.17, 15) is 4.79 Å². The fraction of sp³-hybridized carbons (Fsp3) is 0.316. The van der Waals surface area contributed by atoms with E-state index < -0.39 is 0 Å². The standard InChI is InChI=1S/C19H23N3O/c20-12-15-6-8-16(9-7-15)13-21-19(23)22-11-10-18(14-22)17-4-2-1-3-5-17/h1-9,18H,10-14,20H2,(H,21,23). The highest BCUT2D eigenvalue weighted by atomic mass is 16.2. The largest absolute Gasteiger partial charge is 0.334 e. The fourth-order valence-electron chi connectivity index (χ4n) is 3.02. The summed E-state index contributed by atoms with van der Waals surface area (Å²) >= 11 is 0. The minimum Gasteiger partial charge on any atom is -0.334 e. The van der Waals surface area contributed by atoms with Gasteiger partial charge < -0.3 is 16.0 Å². The van der Waals surface area contributed by atoms with E-state index in [-0.39, 0.29) is 6.03 Å². The zero-order valence-corrected chi connectivity index (χ0v) is 13.2. The molecule has 1 atom stereocenters. The number of rotatable bonds is 4. The van der Waals surface area contributed by atoms with Gasteiger partial charge in [0.25, 0.3) is 0 Å². The van der Waals surface area contributed by atoms with Crippen LogP contribution in [0.15, 0.2) is 54.6 Å². The van der Waals surface area contributed by atoms with Crippen LogP contribution in [-0.4, -0.2) is 24.0 Å². The topological polar surface area (TPSA) is 58.4 Å². The van der Waals surface area contributed by atoms with E-state index in [1.807, 2.05) is 35.2 Å². The second-order valence-corrected chi connectivity index (χ2v) is 6.02. The molecule has 1 heterocycles. The Bertz CT molecular complexity index is 639. The van der Waals surface area contributed by atoms with Gasteiger partial charge in [-0.3, -0.25) is 0 Å². The van der Waals surface area contributed by atoms with Gasteiger partial charge in [-0.05, 0) is 23.1 Å². The van der Waals surface area contributed by atoms with E-state index in [0.717, 1.165) is 30.6 Å². The molecule has 1 saturated heterocycles. The molecule has 3 N–H and O–H groups in total. The van der Waals surface area contributed by atoms with Gasteiger partial charge in [0.05, 0.1) is 0 Å². The summed E-state index contributed by atoms with van der Waals surface area (Å²) < 4.78 is 0. The number of nitrogens with one attached hydrogen (secondary N) is 1. The van der Waals surface area contributed by atoms with Crippen LogP contribution in [0, 0.1) is 0 Å². The van der Waals surface area contributed by atoms with Crippen molar-refractivity contribution < 1.29 is 4.79 Å². The van der Waals surface area contributed by atoms with Crippen LogP contribution in [0.5, 0.6) is 0 Å². The average Bonchev–Trinajstić information content (AvgIpc) is 3.11. The quantitative estimate of drug-likeness (QED) is 0.912. The van der Waals surface area contributed by atoms with E-state index >= 15 is 0 Å². The predicted octanol–water partition coefficient (Wildman–Crippen LogP) is 2.84. The number of carbonyl (C=O) groups excluding carboxylic acids is 1. The Morgan fingerprint density at radius 1 is 1.09 bits per heavy atom. The molecule has 1 fully saturated rings. The number of amides is 2. The Hall–Kier alpha value is -2.33. The maximum absolute atomic E-state index is 12.3. The van der Waals surface area contributed by atoms with Gasteiger partial charge in [0.1, 0.15) is 0 Å². The second-order valence-electron chi connectivity index (χ2n) is 6.02. The molecule has 0 spiro atoms. The Kier molecular flexibility index (Phi) is 4.93. The first kappa shape index (κ1) is 15.6. The lowest BCUT2D eigenvalue weighted by Gasteiger charge is -2.17. The zero-order valence-electron chi connectivity index (χ0n) is 13.2. The summed E-state index contributed by atoms with van der Waals surface area (Å²) in [5, 5.41) is 3.01. The molecule has 120 valence electrons. The predicted molar refractivity (Wildman–Crippen MR) is 91.9 cm³/mol. The van der Waals surface area contributed by atoms with E-state index in [4.69, 9.17) is 5.73 Å². The first-order valence-corrected chi connectivity index (χ1v) is 8.12. The molecule has 1 unspecified atom stereocenters. The number of urea groups is 1. The summed E-state index contributed by atoms with van der Waals surface area (Å²) in [6.45, 7) is 2.71. The molecule has 1 aliphatic heterocycles. The number of likely N-dealkylation sites (tertiary alicyclic amines) is 1. The lowest BCUT2D eigenvalue weighted by atomic mass is 9.99. The van der Waals surface area contributed by atoms with E-state index in [1.54, 1.807) is 0 Å². The molecular weight excluding hydrogens is 286 g/mol. The molecule has 0 bridgehead atoms. The summed E-state index contributed by atoms with van der Waals surface area (Å²) in [6, 6.07) is 18.5. The average molecular weight is 309 g/mol. The van der Waals surface area contributed by atoms with Gasteiger partial charge >= 0.3 is 6.03 Å². The van der Waals surface area contributed by atoms with Gasteiger partial charge in [-0.1, -0.05) is 54.6 Å². The summed E-state index contributed by atoms with van der Waals surface area (Å²) in [7, 11) is 0. The van der Waals surface area contributed by atoms with Crippen LogP contribution in [0.2, 0.25) is 0 Å². The molecule has 3 rings (SSSR count). The first-order chi connectivity index (χ1) is 11.3. The summed E-state index contributed by atoms with van der Waals surface area (Å²) in [5.74, 6) is 0.450. The number of benzene rings is 2.